The molecule has 2 aromatic carbocycles. The van der Waals surface area contributed by atoms with E-state index in [9.17, 15) is 19.7 Å². The standard InChI is InChI=1S/C23H23N3O7/c1-14-5-4-6-20(26(29)30)23(14)24-21(27)13-32-22(28)11-17-7-9-18(10-8-17)31-12-19-15(2)25-33-16(19)3/h4-10H,11-13H2,1-3H3,(H,24,27). The van der Waals surface area contributed by atoms with Crippen LogP contribution in [0, 0.1) is 30.9 Å². The first kappa shape index (κ1) is 23.5. The topological polar surface area (TPSA) is 134 Å². The van der Waals surface area contributed by atoms with Crippen molar-refractivity contribution in [2.75, 3.05) is 11.9 Å². The average Bonchev–Trinajstić information content (AvgIpc) is 3.10. The zero-order valence-electron chi connectivity index (χ0n) is 18.4. The molecule has 0 aliphatic heterocycles. The predicted molar refractivity (Wildman–Crippen MR) is 118 cm³/mol. The number of rotatable bonds is 9. The highest BCUT2D eigenvalue weighted by molar-refractivity contribution is 5.95. The number of esters is 1. The van der Waals surface area contributed by atoms with Crippen LogP contribution >= 0.6 is 0 Å². The van der Waals surface area contributed by atoms with Crippen LogP contribution in [-0.4, -0.2) is 28.6 Å². The molecule has 172 valence electrons. The summed E-state index contributed by atoms with van der Waals surface area (Å²) < 4.78 is 15.8. The van der Waals surface area contributed by atoms with Crippen LogP contribution in [0.25, 0.3) is 0 Å². The van der Waals surface area contributed by atoms with Crippen molar-refractivity contribution in [1.29, 1.82) is 0 Å². The average molecular weight is 453 g/mol. The maximum atomic E-state index is 12.1. The number of hydrogen-bond acceptors (Lipinski definition) is 8. The zero-order chi connectivity index (χ0) is 24.0. The highest BCUT2D eigenvalue weighted by Crippen LogP contribution is 2.27. The smallest absolute Gasteiger partial charge is 0.310 e. The van der Waals surface area contributed by atoms with Gasteiger partial charge >= 0.3 is 5.97 Å². The van der Waals surface area contributed by atoms with E-state index in [1.807, 2.05) is 13.8 Å². The number of benzene rings is 2. The second-order valence-corrected chi connectivity index (χ2v) is 7.35. The Hall–Kier alpha value is -4.21. The third kappa shape index (κ3) is 6.16. The van der Waals surface area contributed by atoms with Crippen LogP contribution in [0.5, 0.6) is 5.75 Å². The predicted octanol–water partition coefficient (Wildman–Crippen LogP) is 3.81. The minimum Gasteiger partial charge on any atom is -0.489 e. The molecule has 3 aromatic rings. The lowest BCUT2D eigenvalue weighted by Crippen LogP contribution is -2.22. The summed E-state index contributed by atoms with van der Waals surface area (Å²) in [5.74, 6) is 0.0527. The molecule has 0 radical (unpaired) electrons. The minimum absolute atomic E-state index is 0.0397. The maximum Gasteiger partial charge on any atom is 0.310 e. The number of aryl methyl sites for hydroxylation is 3. The number of nitro benzene ring substituents is 1. The molecule has 1 aromatic heterocycles. The Morgan fingerprint density at radius 1 is 1.12 bits per heavy atom. The largest absolute Gasteiger partial charge is 0.489 e. The number of aromatic nitrogens is 1. The van der Waals surface area contributed by atoms with Gasteiger partial charge in [0.25, 0.3) is 11.6 Å². The molecule has 3 rings (SSSR count). The molecule has 10 nitrogen and oxygen atoms in total. The van der Waals surface area contributed by atoms with E-state index < -0.39 is 23.4 Å². The number of anilines is 1. The monoisotopic (exact) mass is 453 g/mol. The molecule has 0 saturated carbocycles. The van der Waals surface area contributed by atoms with Crippen molar-refractivity contribution in [2.24, 2.45) is 0 Å². The van der Waals surface area contributed by atoms with E-state index in [-0.39, 0.29) is 17.8 Å². The van der Waals surface area contributed by atoms with Gasteiger partial charge in [-0.15, -0.1) is 0 Å². The third-order valence-corrected chi connectivity index (χ3v) is 4.91. The normalized spacial score (nSPS) is 10.5. The number of para-hydroxylation sites is 1. The highest BCUT2D eigenvalue weighted by atomic mass is 16.6. The molecule has 0 fully saturated rings. The number of amides is 1. The van der Waals surface area contributed by atoms with Gasteiger partial charge in [-0.1, -0.05) is 29.4 Å². The van der Waals surface area contributed by atoms with Gasteiger partial charge in [-0.05, 0) is 44.0 Å². The first-order valence-corrected chi connectivity index (χ1v) is 10.1. The van der Waals surface area contributed by atoms with Gasteiger partial charge in [0.2, 0.25) is 0 Å². The molecule has 0 saturated heterocycles. The first-order valence-electron chi connectivity index (χ1n) is 10.1. The van der Waals surface area contributed by atoms with E-state index in [0.29, 0.717) is 29.2 Å². The van der Waals surface area contributed by atoms with E-state index in [4.69, 9.17) is 14.0 Å². The molecule has 0 bridgehead atoms. The number of hydrogen-bond donors (Lipinski definition) is 1. The Labute approximate surface area is 189 Å². The quantitative estimate of drug-likeness (QED) is 0.294. The van der Waals surface area contributed by atoms with E-state index >= 15 is 0 Å². The van der Waals surface area contributed by atoms with Gasteiger partial charge in [-0.2, -0.15) is 0 Å². The van der Waals surface area contributed by atoms with Crippen molar-refractivity contribution in [1.82, 2.24) is 5.16 Å². The van der Waals surface area contributed by atoms with Crippen molar-refractivity contribution in [3.05, 3.63) is 80.7 Å². The van der Waals surface area contributed by atoms with Gasteiger partial charge in [0, 0.05) is 6.07 Å². The zero-order valence-corrected chi connectivity index (χ0v) is 18.4. The Kier molecular flexibility index (Phi) is 7.39. The van der Waals surface area contributed by atoms with E-state index in [2.05, 4.69) is 10.5 Å². The van der Waals surface area contributed by atoms with E-state index in [1.165, 1.54) is 12.1 Å². The summed E-state index contributed by atoms with van der Waals surface area (Å²) in [6.07, 6.45) is -0.0397. The van der Waals surface area contributed by atoms with Crippen molar-refractivity contribution in [2.45, 2.75) is 33.8 Å². The van der Waals surface area contributed by atoms with Gasteiger partial charge in [-0.3, -0.25) is 19.7 Å². The Morgan fingerprint density at radius 3 is 2.48 bits per heavy atom. The summed E-state index contributed by atoms with van der Waals surface area (Å²) >= 11 is 0. The number of nitrogens with one attached hydrogen (secondary N) is 1. The molecule has 0 unspecified atom stereocenters. The van der Waals surface area contributed by atoms with Crippen LogP contribution in [0.2, 0.25) is 0 Å². The van der Waals surface area contributed by atoms with Crippen LogP contribution in [0.3, 0.4) is 0 Å². The van der Waals surface area contributed by atoms with Crippen LogP contribution in [0.1, 0.15) is 28.1 Å². The highest BCUT2D eigenvalue weighted by Gasteiger charge is 2.18. The first-order chi connectivity index (χ1) is 15.7. The lowest BCUT2D eigenvalue weighted by atomic mass is 10.1. The van der Waals surface area contributed by atoms with Crippen molar-refractivity contribution >= 4 is 23.3 Å². The second kappa shape index (κ2) is 10.4. The molecular formula is C23H23N3O7. The summed E-state index contributed by atoms with van der Waals surface area (Å²) in [6, 6.07) is 11.3. The summed E-state index contributed by atoms with van der Waals surface area (Å²) in [5.41, 5.74) is 2.71. The molecular weight excluding hydrogens is 430 g/mol. The minimum atomic E-state index is -0.663. The van der Waals surface area contributed by atoms with Crippen LogP contribution in [0.15, 0.2) is 47.0 Å². The number of nitrogens with zero attached hydrogens (tertiary/aromatic N) is 2. The van der Waals surface area contributed by atoms with Crippen LogP contribution in [-0.2, 0) is 27.4 Å². The molecule has 33 heavy (non-hydrogen) atoms. The lowest BCUT2D eigenvalue weighted by molar-refractivity contribution is -0.384. The maximum absolute atomic E-state index is 12.1. The fraction of sp³-hybridized carbons (Fsp3) is 0.261. The summed E-state index contributed by atoms with van der Waals surface area (Å²) in [6.45, 7) is 5.05. The van der Waals surface area contributed by atoms with Gasteiger partial charge in [-0.25, -0.2) is 0 Å². The van der Waals surface area contributed by atoms with Crippen LogP contribution in [0.4, 0.5) is 11.4 Å². The van der Waals surface area contributed by atoms with E-state index in [0.717, 1.165) is 11.3 Å². The van der Waals surface area contributed by atoms with Gasteiger partial charge in [0.15, 0.2) is 6.61 Å². The molecule has 0 spiro atoms. The second-order valence-electron chi connectivity index (χ2n) is 7.35. The summed E-state index contributed by atoms with van der Waals surface area (Å²) in [4.78, 5) is 34.8. The number of carbonyl (C=O) groups is 2. The summed E-state index contributed by atoms with van der Waals surface area (Å²) in [5, 5.41) is 17.4. The van der Waals surface area contributed by atoms with Crippen LogP contribution < -0.4 is 10.1 Å². The molecule has 0 aliphatic rings. The fourth-order valence-corrected chi connectivity index (χ4v) is 3.07. The Balaban J connectivity index is 1.48. The lowest BCUT2D eigenvalue weighted by Gasteiger charge is -2.10. The molecule has 0 aliphatic carbocycles. The Bertz CT molecular complexity index is 1150. The van der Waals surface area contributed by atoms with Crippen molar-refractivity contribution in [3.63, 3.8) is 0 Å². The molecule has 1 amide bonds. The molecule has 1 N–H and O–H groups in total. The van der Waals surface area contributed by atoms with E-state index in [1.54, 1.807) is 37.3 Å². The number of carbonyl (C=O) groups excluding carboxylic acids is 2. The third-order valence-electron chi connectivity index (χ3n) is 4.91. The molecule has 1 heterocycles. The SMILES string of the molecule is Cc1cccc([N+](=O)[O-])c1NC(=O)COC(=O)Cc1ccc(OCc2c(C)noc2C)cc1. The van der Waals surface area contributed by atoms with Crippen molar-refractivity contribution in [3.8, 4) is 5.75 Å². The number of nitro groups is 1. The van der Waals surface area contributed by atoms with Gasteiger partial charge in [0.1, 0.15) is 23.8 Å². The molecule has 10 heteroatoms. The van der Waals surface area contributed by atoms with Gasteiger partial charge < -0.3 is 19.3 Å². The van der Waals surface area contributed by atoms with Gasteiger partial charge in [0.05, 0.1) is 22.6 Å². The fourth-order valence-electron chi connectivity index (χ4n) is 3.07. The molecule has 0 atom stereocenters. The van der Waals surface area contributed by atoms with Crippen molar-refractivity contribution < 1.29 is 28.5 Å². The summed E-state index contributed by atoms with van der Waals surface area (Å²) in [7, 11) is 0. The number of ether oxygens (including phenoxy) is 2. The Morgan fingerprint density at radius 2 is 1.85 bits per heavy atom.